The van der Waals surface area contributed by atoms with Gasteiger partial charge in [0.05, 0.1) is 5.56 Å². The van der Waals surface area contributed by atoms with Crippen LogP contribution in [0.15, 0.2) is 24.3 Å². The van der Waals surface area contributed by atoms with Crippen LogP contribution in [-0.4, -0.2) is 13.0 Å². The van der Waals surface area contributed by atoms with Crippen molar-refractivity contribution < 1.29 is 9.45 Å². The second kappa shape index (κ2) is 2.55. The molecule has 0 aliphatic carbocycles. The van der Waals surface area contributed by atoms with Crippen LogP contribution in [0.5, 0.6) is 0 Å². The number of para-hydroxylation sites is 1. The first-order valence-electron chi connectivity index (χ1n) is 3.84. The average molecular weight is 161 g/mol. The van der Waals surface area contributed by atoms with E-state index < -0.39 is 0 Å². The first-order chi connectivity index (χ1) is 5.77. The topological polar surface area (TPSA) is 38.3 Å². The van der Waals surface area contributed by atoms with Crippen LogP contribution in [0.2, 0.25) is 6.82 Å². The van der Waals surface area contributed by atoms with Gasteiger partial charge in [0.2, 0.25) is 0 Å². The summed E-state index contributed by atoms with van der Waals surface area (Å²) < 4.78 is 4.96. The van der Waals surface area contributed by atoms with E-state index in [-0.39, 0.29) is 13.0 Å². The van der Waals surface area contributed by atoms with Gasteiger partial charge in [0.1, 0.15) is 0 Å². The minimum absolute atomic E-state index is 0.229. The number of carbonyl (C=O) groups excluding carboxylic acids is 1. The lowest BCUT2D eigenvalue weighted by atomic mass is 9.84. The van der Waals surface area contributed by atoms with Crippen LogP contribution in [-0.2, 0) is 4.65 Å². The molecule has 1 aromatic rings. The zero-order valence-electron chi connectivity index (χ0n) is 6.70. The van der Waals surface area contributed by atoms with Gasteiger partial charge in [-0.2, -0.15) is 0 Å². The Morgan fingerprint density at radius 3 is 3.00 bits per heavy atom. The molecule has 60 valence electrons. The van der Waals surface area contributed by atoms with E-state index in [2.05, 4.69) is 5.23 Å². The van der Waals surface area contributed by atoms with E-state index in [1.54, 1.807) is 12.9 Å². The molecule has 1 aliphatic heterocycles. The number of hydrogen-bond acceptors (Lipinski definition) is 3. The minimum atomic E-state index is -0.253. The van der Waals surface area contributed by atoms with E-state index in [0.717, 1.165) is 5.69 Å². The molecule has 1 aliphatic rings. The van der Waals surface area contributed by atoms with Gasteiger partial charge < -0.3 is 9.88 Å². The molecule has 1 heterocycles. The van der Waals surface area contributed by atoms with Crippen molar-refractivity contribution in [2.75, 3.05) is 5.23 Å². The molecule has 3 nitrogen and oxygen atoms in total. The second-order valence-corrected chi connectivity index (χ2v) is 2.74. The molecule has 0 spiro atoms. The molecule has 0 fully saturated rings. The number of benzene rings is 1. The van der Waals surface area contributed by atoms with Crippen molar-refractivity contribution in [3.05, 3.63) is 29.8 Å². The molecule has 1 N–H and O–H groups in total. The Labute approximate surface area is 70.9 Å². The summed E-state index contributed by atoms with van der Waals surface area (Å²) in [6, 6.07) is 7.32. The third kappa shape index (κ3) is 1.05. The maximum absolute atomic E-state index is 11.2. The molecule has 0 bridgehead atoms. The highest BCUT2D eigenvalue weighted by Gasteiger charge is 2.25. The summed E-state index contributed by atoms with van der Waals surface area (Å²) in [5, 5.41) is 3.05. The van der Waals surface area contributed by atoms with E-state index in [9.17, 15) is 4.79 Å². The quantitative estimate of drug-likeness (QED) is 0.584. The third-order valence-electron chi connectivity index (χ3n) is 1.79. The van der Waals surface area contributed by atoms with Gasteiger partial charge in [-0.15, -0.1) is 0 Å². The van der Waals surface area contributed by atoms with Gasteiger partial charge in [-0.3, -0.25) is 0 Å². The fourth-order valence-corrected chi connectivity index (χ4v) is 1.26. The van der Waals surface area contributed by atoms with Gasteiger partial charge >= 0.3 is 13.0 Å². The average Bonchev–Trinajstić information content (AvgIpc) is 2.04. The zero-order chi connectivity index (χ0) is 8.55. The Hall–Kier alpha value is -1.45. The Bertz CT molecular complexity index is 327. The van der Waals surface area contributed by atoms with Gasteiger partial charge in [0, 0.05) is 5.69 Å². The van der Waals surface area contributed by atoms with Crippen molar-refractivity contribution >= 4 is 18.7 Å². The van der Waals surface area contributed by atoms with Gasteiger partial charge in [0.15, 0.2) is 0 Å². The van der Waals surface area contributed by atoms with E-state index in [0.29, 0.717) is 5.56 Å². The molecule has 0 radical (unpaired) electrons. The first kappa shape index (κ1) is 7.22. The highest BCUT2D eigenvalue weighted by Crippen LogP contribution is 2.20. The smallest absolute Gasteiger partial charge is 0.478 e. The SMILES string of the molecule is CB1Nc2ccccc2C(=O)O1. The van der Waals surface area contributed by atoms with Crippen LogP contribution in [0.3, 0.4) is 0 Å². The van der Waals surface area contributed by atoms with Crippen LogP contribution in [0.1, 0.15) is 10.4 Å². The first-order valence-corrected chi connectivity index (χ1v) is 3.84. The summed E-state index contributed by atoms with van der Waals surface area (Å²) in [6.07, 6.45) is 0. The maximum atomic E-state index is 11.2. The molecular formula is C8H8BNO2. The Kier molecular flexibility index (Phi) is 1.53. The molecule has 4 heteroatoms. The molecule has 1 aromatic carbocycles. The fourth-order valence-electron chi connectivity index (χ4n) is 1.26. The second-order valence-electron chi connectivity index (χ2n) is 2.74. The van der Waals surface area contributed by atoms with Crippen molar-refractivity contribution in [1.82, 2.24) is 0 Å². The molecule has 0 saturated carbocycles. The molecule has 0 unspecified atom stereocenters. The van der Waals surface area contributed by atoms with E-state index >= 15 is 0 Å². The normalized spacial score (nSPS) is 14.8. The predicted octanol–water partition coefficient (Wildman–Crippen LogP) is 1.39. The molecule has 2 rings (SSSR count). The number of nitrogens with one attached hydrogen (secondary N) is 1. The number of anilines is 1. The van der Waals surface area contributed by atoms with Crippen molar-refractivity contribution in [3.63, 3.8) is 0 Å². The molecular weight excluding hydrogens is 153 g/mol. The summed E-state index contributed by atoms with van der Waals surface area (Å²) in [7, 11) is -0.229. The van der Waals surface area contributed by atoms with Gasteiger partial charge in [-0.05, 0) is 19.0 Å². The summed E-state index contributed by atoms with van der Waals surface area (Å²) in [4.78, 5) is 11.2. The standard InChI is InChI=1S/C8H8BNO2/c1-9-10-7-5-3-2-4-6(7)8(11)12-9/h2-5,10H,1H3. The Morgan fingerprint density at radius 2 is 2.17 bits per heavy atom. The lowest BCUT2D eigenvalue weighted by molar-refractivity contribution is 0.0730. The molecule has 0 amide bonds. The van der Waals surface area contributed by atoms with Gasteiger partial charge in [-0.1, -0.05) is 12.1 Å². The predicted molar refractivity (Wildman–Crippen MR) is 47.1 cm³/mol. The Balaban J connectivity index is 2.47. The monoisotopic (exact) mass is 161 g/mol. The van der Waals surface area contributed by atoms with E-state index in [4.69, 9.17) is 4.65 Å². The molecule has 12 heavy (non-hydrogen) atoms. The molecule has 0 saturated heterocycles. The third-order valence-corrected chi connectivity index (χ3v) is 1.79. The van der Waals surface area contributed by atoms with Crippen LogP contribution in [0.4, 0.5) is 5.69 Å². The van der Waals surface area contributed by atoms with Crippen molar-refractivity contribution in [2.45, 2.75) is 6.82 Å². The summed E-state index contributed by atoms with van der Waals surface area (Å²) >= 11 is 0. The lowest BCUT2D eigenvalue weighted by Gasteiger charge is -2.20. The van der Waals surface area contributed by atoms with Crippen molar-refractivity contribution in [2.24, 2.45) is 0 Å². The minimum Gasteiger partial charge on any atom is -0.511 e. The highest BCUT2D eigenvalue weighted by atomic mass is 16.5. The number of rotatable bonds is 0. The highest BCUT2D eigenvalue weighted by molar-refractivity contribution is 6.58. The molecule has 0 atom stereocenters. The van der Waals surface area contributed by atoms with E-state index in [1.807, 2.05) is 18.2 Å². The van der Waals surface area contributed by atoms with Crippen LogP contribution in [0.25, 0.3) is 0 Å². The van der Waals surface area contributed by atoms with Gasteiger partial charge in [-0.25, -0.2) is 4.79 Å². The van der Waals surface area contributed by atoms with Crippen molar-refractivity contribution in [3.8, 4) is 0 Å². The number of hydrogen-bond donors (Lipinski definition) is 1. The Morgan fingerprint density at radius 1 is 1.42 bits per heavy atom. The summed E-state index contributed by atoms with van der Waals surface area (Å²) in [5.74, 6) is -0.253. The summed E-state index contributed by atoms with van der Waals surface area (Å²) in [6.45, 7) is 1.80. The largest absolute Gasteiger partial charge is 0.511 e. The fraction of sp³-hybridized carbons (Fsp3) is 0.125. The summed E-state index contributed by atoms with van der Waals surface area (Å²) in [5.41, 5.74) is 1.46. The van der Waals surface area contributed by atoms with Gasteiger partial charge in [0.25, 0.3) is 0 Å². The zero-order valence-corrected chi connectivity index (χ0v) is 6.70. The number of fused-ring (bicyclic) bond motifs is 1. The maximum Gasteiger partial charge on any atom is 0.478 e. The van der Waals surface area contributed by atoms with E-state index in [1.165, 1.54) is 0 Å². The van der Waals surface area contributed by atoms with Crippen LogP contribution < -0.4 is 5.23 Å². The molecule has 0 aromatic heterocycles. The van der Waals surface area contributed by atoms with Crippen LogP contribution in [0, 0.1) is 0 Å². The lowest BCUT2D eigenvalue weighted by Crippen LogP contribution is -2.33. The van der Waals surface area contributed by atoms with Crippen molar-refractivity contribution in [1.29, 1.82) is 0 Å². The number of carbonyl (C=O) groups is 1. The van der Waals surface area contributed by atoms with Crippen LogP contribution >= 0.6 is 0 Å².